The van der Waals surface area contributed by atoms with Gasteiger partial charge in [-0.1, -0.05) is 42.5 Å². The van der Waals surface area contributed by atoms with Crippen molar-refractivity contribution in [2.75, 3.05) is 6.26 Å². The van der Waals surface area contributed by atoms with Crippen LogP contribution in [-0.2, 0) is 22.8 Å². The van der Waals surface area contributed by atoms with E-state index in [4.69, 9.17) is 0 Å². The molecule has 9 heteroatoms. The van der Waals surface area contributed by atoms with Crippen LogP contribution in [0.15, 0.2) is 76.6 Å². The van der Waals surface area contributed by atoms with Crippen LogP contribution in [0.25, 0.3) is 11.0 Å². The van der Waals surface area contributed by atoms with Crippen molar-refractivity contribution < 1.29 is 23.4 Å². The van der Waals surface area contributed by atoms with Gasteiger partial charge in [0.25, 0.3) is 5.56 Å². The molecule has 2 aromatic carbocycles. The van der Waals surface area contributed by atoms with Gasteiger partial charge in [0.2, 0.25) is 0 Å². The Hall–Kier alpha value is -3.98. The number of carboxylic acids is 1. The maximum absolute atomic E-state index is 13.0. The van der Waals surface area contributed by atoms with Crippen molar-refractivity contribution in [3.05, 3.63) is 99.5 Å². The minimum absolute atomic E-state index is 0.00318. The maximum Gasteiger partial charge on any atom is 0.345 e. The van der Waals surface area contributed by atoms with E-state index in [0.717, 1.165) is 17.4 Å². The van der Waals surface area contributed by atoms with Crippen molar-refractivity contribution in [1.29, 1.82) is 0 Å². The summed E-state index contributed by atoms with van der Waals surface area (Å²) < 4.78 is 24.7. The third-order valence-electron chi connectivity index (χ3n) is 5.29. The molecule has 4 aromatic rings. The number of fused-ring (bicyclic) bond motifs is 1. The molecule has 2 aromatic heterocycles. The predicted octanol–water partition coefficient (Wildman–Crippen LogP) is 2.84. The summed E-state index contributed by atoms with van der Waals surface area (Å²) in [7, 11) is -3.38. The van der Waals surface area contributed by atoms with Gasteiger partial charge >= 0.3 is 5.97 Å². The first kappa shape index (κ1) is 22.2. The minimum Gasteiger partial charge on any atom is -0.505 e. The monoisotopic (exact) mass is 464 g/mol. The van der Waals surface area contributed by atoms with E-state index in [0.29, 0.717) is 12.0 Å². The van der Waals surface area contributed by atoms with Gasteiger partial charge in [-0.2, -0.15) is 0 Å². The van der Waals surface area contributed by atoms with Crippen LogP contribution in [-0.4, -0.2) is 40.4 Å². The molecule has 0 aliphatic heterocycles. The Kier molecular flexibility index (Phi) is 5.73. The van der Waals surface area contributed by atoms with Gasteiger partial charge in [0.15, 0.2) is 21.2 Å². The van der Waals surface area contributed by atoms with Gasteiger partial charge in [-0.25, -0.2) is 13.2 Å². The molecule has 8 nitrogen and oxygen atoms in total. The molecule has 2 heterocycles. The lowest BCUT2D eigenvalue weighted by atomic mass is 10.1. The zero-order valence-corrected chi connectivity index (χ0v) is 18.4. The maximum atomic E-state index is 13.0. The zero-order chi connectivity index (χ0) is 23.8. The Labute approximate surface area is 189 Å². The van der Waals surface area contributed by atoms with Crippen molar-refractivity contribution in [3.8, 4) is 5.75 Å². The van der Waals surface area contributed by atoms with Crippen LogP contribution in [0.3, 0.4) is 0 Å². The third kappa shape index (κ3) is 4.49. The molecule has 0 atom stereocenters. The van der Waals surface area contributed by atoms with E-state index in [1.54, 1.807) is 18.2 Å². The molecule has 0 aliphatic carbocycles. The van der Waals surface area contributed by atoms with Gasteiger partial charge < -0.3 is 14.8 Å². The Morgan fingerprint density at radius 3 is 2.27 bits per heavy atom. The first-order chi connectivity index (χ1) is 15.6. The summed E-state index contributed by atoms with van der Waals surface area (Å²) in [6.07, 6.45) is 3.16. The number of carbonyl (C=O) groups is 1. The number of aromatic hydroxyl groups is 1. The molecule has 0 saturated carbocycles. The average molecular weight is 464 g/mol. The lowest BCUT2D eigenvalue weighted by Crippen LogP contribution is -2.27. The molecular formula is C24H20N2O6S. The van der Waals surface area contributed by atoms with Crippen molar-refractivity contribution in [1.82, 2.24) is 9.55 Å². The SMILES string of the molecule is CS(=O)(=O)c1ccc(Cn2c(=O)c(C(=O)O)c(O)c3ncc(Cc4ccccc4)cc32)cc1. The number of sulfone groups is 1. The number of aromatic carboxylic acids is 1. The highest BCUT2D eigenvalue weighted by molar-refractivity contribution is 7.90. The summed E-state index contributed by atoms with van der Waals surface area (Å²) in [5.41, 5.74) is 1.02. The van der Waals surface area contributed by atoms with Crippen LogP contribution in [0.2, 0.25) is 0 Å². The Morgan fingerprint density at radius 2 is 1.67 bits per heavy atom. The number of hydrogen-bond donors (Lipinski definition) is 2. The Morgan fingerprint density at radius 1 is 1.00 bits per heavy atom. The predicted molar refractivity (Wildman–Crippen MR) is 123 cm³/mol. The summed E-state index contributed by atoms with van der Waals surface area (Å²) in [6, 6.07) is 17.3. The largest absolute Gasteiger partial charge is 0.505 e. The van der Waals surface area contributed by atoms with Crippen LogP contribution in [0.4, 0.5) is 0 Å². The van der Waals surface area contributed by atoms with Crippen molar-refractivity contribution in [3.63, 3.8) is 0 Å². The van der Waals surface area contributed by atoms with Crippen LogP contribution >= 0.6 is 0 Å². The second-order valence-electron chi connectivity index (χ2n) is 7.71. The molecule has 0 amide bonds. The molecule has 0 unspecified atom stereocenters. The fourth-order valence-corrected chi connectivity index (χ4v) is 4.28. The topological polar surface area (TPSA) is 127 Å². The molecule has 0 fully saturated rings. The number of nitrogens with zero attached hydrogens (tertiary/aromatic N) is 2. The van der Waals surface area contributed by atoms with Crippen LogP contribution in [0.5, 0.6) is 5.75 Å². The lowest BCUT2D eigenvalue weighted by molar-refractivity contribution is 0.0691. The fourth-order valence-electron chi connectivity index (χ4n) is 3.65. The number of pyridine rings is 2. The molecule has 0 bridgehead atoms. The molecule has 4 rings (SSSR count). The molecule has 2 N–H and O–H groups in total. The number of hydrogen-bond acceptors (Lipinski definition) is 6. The molecule has 0 saturated heterocycles. The summed E-state index contributed by atoms with van der Waals surface area (Å²) >= 11 is 0. The summed E-state index contributed by atoms with van der Waals surface area (Å²) in [5, 5.41) is 20.0. The van der Waals surface area contributed by atoms with Gasteiger partial charge in [-0.3, -0.25) is 9.78 Å². The molecule has 0 aliphatic rings. The highest BCUT2D eigenvalue weighted by Gasteiger charge is 2.23. The molecule has 0 radical (unpaired) electrons. The van der Waals surface area contributed by atoms with E-state index >= 15 is 0 Å². The number of rotatable bonds is 6. The number of aromatic nitrogens is 2. The second-order valence-corrected chi connectivity index (χ2v) is 9.73. The first-order valence-electron chi connectivity index (χ1n) is 9.96. The normalized spacial score (nSPS) is 11.5. The van der Waals surface area contributed by atoms with E-state index in [1.165, 1.54) is 22.9 Å². The van der Waals surface area contributed by atoms with E-state index in [-0.39, 0.29) is 22.5 Å². The van der Waals surface area contributed by atoms with Crippen LogP contribution < -0.4 is 5.56 Å². The lowest BCUT2D eigenvalue weighted by Gasteiger charge is -2.14. The summed E-state index contributed by atoms with van der Waals surface area (Å²) in [6.45, 7) is -0.0313. The zero-order valence-electron chi connectivity index (χ0n) is 17.6. The second kappa shape index (κ2) is 8.51. The summed E-state index contributed by atoms with van der Waals surface area (Å²) in [5.74, 6) is -2.24. The van der Waals surface area contributed by atoms with Crippen molar-refractivity contribution in [2.24, 2.45) is 0 Å². The van der Waals surface area contributed by atoms with E-state index in [2.05, 4.69) is 4.98 Å². The number of carboxylic acid groups (broad SMARTS) is 1. The molecule has 33 heavy (non-hydrogen) atoms. The quantitative estimate of drug-likeness (QED) is 0.449. The van der Waals surface area contributed by atoms with Gasteiger partial charge in [0.1, 0.15) is 5.52 Å². The van der Waals surface area contributed by atoms with Gasteiger partial charge in [-0.05, 0) is 41.3 Å². The van der Waals surface area contributed by atoms with Crippen LogP contribution in [0.1, 0.15) is 27.0 Å². The van der Waals surface area contributed by atoms with Gasteiger partial charge in [0.05, 0.1) is 17.0 Å². The number of benzene rings is 2. The first-order valence-corrected chi connectivity index (χ1v) is 11.8. The van der Waals surface area contributed by atoms with Crippen molar-refractivity contribution in [2.45, 2.75) is 17.9 Å². The highest BCUT2D eigenvalue weighted by atomic mass is 32.2. The van der Waals surface area contributed by atoms with Crippen molar-refractivity contribution >= 4 is 26.8 Å². The van der Waals surface area contributed by atoms with Crippen LogP contribution in [0, 0.1) is 0 Å². The molecule has 0 spiro atoms. The highest BCUT2D eigenvalue weighted by Crippen LogP contribution is 2.26. The van der Waals surface area contributed by atoms with Gasteiger partial charge in [0, 0.05) is 12.5 Å². The third-order valence-corrected chi connectivity index (χ3v) is 6.42. The molecular weight excluding hydrogens is 444 g/mol. The Balaban J connectivity index is 1.87. The average Bonchev–Trinajstić information content (AvgIpc) is 2.77. The molecule has 168 valence electrons. The smallest absolute Gasteiger partial charge is 0.345 e. The Bertz CT molecular complexity index is 1530. The van der Waals surface area contributed by atoms with Gasteiger partial charge in [-0.15, -0.1) is 0 Å². The van der Waals surface area contributed by atoms with E-state index in [1.807, 2.05) is 30.3 Å². The fraction of sp³-hybridized carbons (Fsp3) is 0.125. The minimum atomic E-state index is -3.38. The van der Waals surface area contributed by atoms with E-state index in [9.17, 15) is 28.2 Å². The van der Waals surface area contributed by atoms with E-state index < -0.39 is 32.7 Å². The standard InChI is InChI=1S/C24H20N2O6S/c1-33(31,32)18-9-7-16(8-10-18)14-26-19-12-17(11-15-5-3-2-4-6-15)13-25-21(19)22(27)20(23(26)28)24(29)30/h2-10,12-13,27H,11,14H2,1H3,(H,29,30). The summed E-state index contributed by atoms with van der Waals surface area (Å²) in [4.78, 5) is 29.1.